The molecule has 47 nitrogen and oxygen atoms in total. The number of pyridine rings is 7. The largest absolute Gasteiger partial charge is 0.394 e. The van der Waals surface area contributed by atoms with Crippen LogP contribution in [0.1, 0.15) is 59.6 Å². The summed E-state index contributed by atoms with van der Waals surface area (Å²) in [5.41, 5.74) is 4.68. The fourth-order valence-electron chi connectivity index (χ4n) is 17.3. The molecule has 5 saturated heterocycles. The topological polar surface area (TPSA) is 660 Å². The van der Waals surface area contributed by atoms with E-state index in [0.29, 0.717) is 34.2 Å². The van der Waals surface area contributed by atoms with E-state index in [2.05, 4.69) is 34.9 Å². The first-order valence-corrected chi connectivity index (χ1v) is 46.9. The lowest BCUT2D eigenvalue weighted by atomic mass is 10.0. The number of aliphatic hydroxyl groups is 15. The maximum absolute atomic E-state index is 13.0. The van der Waals surface area contributed by atoms with Crippen molar-refractivity contribution in [3.05, 3.63) is 425 Å². The zero-order chi connectivity index (χ0) is 106. The standard InChI is InChI=1S/3C21H21N3O6.2C20H20N4O6/c25-12-16-18(27)19(28)20(30-16)23-10-8-17(26)24(21(23)29)11-15-14(7-4-9-22-15)13-5-2-1-3-6-13;25-12-16-18(27)19(28)20(30-16)23-10-9-17(26)24(21(23)29)11-14-7-4-8-15(22-14)13-5-2-1-3-6-13;25-12-16-18(27)19(28)20(30-16)23-9-8-17(26)24(21(23)29)11-15-7-6-14(10-22-15)13-4-2-1-3-5-13;25-11-15-17(27)18(28)19(30-15)23-8-4-16(26)24(20(23)29)10-14-9-13(3-7-22-14)12-1-5-21-6-2-12;25-11-15-17(27)18(28)19(30-15)23-8-5-16(26)24(20(23)29)10-13-9-12(4-7-21-13)14-3-1-2-6-22-14/h3*1-10,16,18-20,25,27-28H,11-12H2;2*1-9,15,17-19,25,27-28H,10-11H2/t3*16-,18?,19?,20-;2*15-,17?,18?,19-/m11111/s1. The van der Waals surface area contributed by atoms with Crippen LogP contribution in [0.15, 0.2) is 341 Å². The molecule has 20 rings (SSSR count). The third kappa shape index (κ3) is 23.7. The quantitative estimate of drug-likeness (QED) is 0.0280. The maximum atomic E-state index is 13.0. The summed E-state index contributed by atoms with van der Waals surface area (Å²) < 4.78 is 37.0. The predicted octanol–water partition coefficient (Wildman–Crippen LogP) is -2.55. The van der Waals surface area contributed by atoms with Crippen LogP contribution in [-0.2, 0) is 56.4 Å². The molecular formula is C103H103N17O30. The first-order valence-electron chi connectivity index (χ1n) is 46.9. The van der Waals surface area contributed by atoms with E-state index in [-0.39, 0.29) is 32.7 Å². The van der Waals surface area contributed by atoms with Crippen molar-refractivity contribution in [3.63, 3.8) is 0 Å². The molecule has 47 heteroatoms. The van der Waals surface area contributed by atoms with Gasteiger partial charge >= 0.3 is 28.4 Å². The summed E-state index contributed by atoms with van der Waals surface area (Å²) in [4.78, 5) is 157. The number of nitrogens with zero attached hydrogens (tertiary/aromatic N) is 17. The van der Waals surface area contributed by atoms with Gasteiger partial charge in [-0.1, -0.05) is 115 Å². The maximum Gasteiger partial charge on any atom is 0.333 e. The molecule has 10 unspecified atom stereocenters. The Hall–Kier alpha value is -15.7. The molecule has 5 fully saturated rings. The lowest BCUT2D eigenvalue weighted by molar-refractivity contribution is -0.0555. The molecule has 15 N–H and O–H groups in total. The molecule has 0 amide bonds. The molecule has 12 aromatic heterocycles. The monoisotopic (exact) mass is 2060 g/mol. The molecule has 0 aliphatic carbocycles. The van der Waals surface area contributed by atoms with Crippen molar-refractivity contribution in [1.82, 2.24) is 80.6 Å². The van der Waals surface area contributed by atoms with E-state index in [0.717, 1.165) is 95.9 Å². The molecule has 17 heterocycles. The van der Waals surface area contributed by atoms with Crippen molar-refractivity contribution in [2.24, 2.45) is 0 Å². The van der Waals surface area contributed by atoms with Gasteiger partial charge in [0.2, 0.25) is 0 Å². The van der Waals surface area contributed by atoms with E-state index in [1.54, 1.807) is 91.9 Å². The Balaban J connectivity index is 0.000000133. The Kier molecular flexibility index (Phi) is 34.6. The molecule has 5 aliphatic rings. The Labute approximate surface area is 846 Å². The van der Waals surface area contributed by atoms with Crippen LogP contribution in [0.25, 0.3) is 55.9 Å². The minimum Gasteiger partial charge on any atom is -0.394 e. The van der Waals surface area contributed by atoms with Gasteiger partial charge in [-0.05, 0) is 95.1 Å². The number of aromatic nitrogens is 17. The van der Waals surface area contributed by atoms with Gasteiger partial charge in [0.25, 0.3) is 27.8 Å². The molecular weight excluding hydrogens is 1960 g/mol. The average Bonchev–Trinajstić information content (AvgIpc) is 1.65. The fourth-order valence-corrected chi connectivity index (χ4v) is 17.3. The smallest absolute Gasteiger partial charge is 0.333 e. The first-order chi connectivity index (χ1) is 72.5. The number of aliphatic hydroxyl groups excluding tert-OH is 15. The molecule has 20 atom stereocenters. The second-order valence-electron chi connectivity index (χ2n) is 35.0. The summed E-state index contributed by atoms with van der Waals surface area (Å²) in [7, 11) is 0. The molecule has 3 aromatic carbocycles. The molecule has 0 bridgehead atoms. The summed E-state index contributed by atoms with van der Waals surface area (Å²) in [5.74, 6) is 0. The number of ether oxygens (including phenoxy) is 5. The minimum absolute atomic E-state index is 0.0671. The van der Waals surface area contributed by atoms with Gasteiger partial charge in [0, 0.05) is 127 Å². The van der Waals surface area contributed by atoms with Gasteiger partial charge < -0.3 is 100 Å². The van der Waals surface area contributed by atoms with E-state index in [4.69, 9.17) is 23.7 Å². The van der Waals surface area contributed by atoms with Gasteiger partial charge in [0.15, 0.2) is 31.1 Å². The van der Waals surface area contributed by atoms with Crippen molar-refractivity contribution in [1.29, 1.82) is 0 Å². The average molecular weight is 2060 g/mol. The predicted molar refractivity (Wildman–Crippen MR) is 529 cm³/mol. The van der Waals surface area contributed by atoms with Gasteiger partial charge in [-0.2, -0.15) is 0 Å². The van der Waals surface area contributed by atoms with Crippen molar-refractivity contribution >= 4 is 0 Å². The SMILES string of the molecule is O=c1ccn([C@@H]2O[C@H](CO)C(O)C2O)c(=O)n1Cc1cc(-c2ccccn2)ccn1.O=c1ccn([C@@H]2O[C@H](CO)C(O)C2O)c(=O)n1Cc1cc(-c2ccncc2)ccn1.O=c1ccn([C@@H]2O[C@H](CO)C(O)C2O)c(=O)n1Cc1ccc(-c2ccccc2)cn1.O=c1ccn([C@@H]2O[C@H](CO)C(O)C2O)c(=O)n1Cc1cccc(-c2ccccc2)n1.O=c1ccn([C@@H]2O[C@H](CO)C(O)C2O)c(=O)n1Cc1ncccc1-c1ccccc1. The van der Waals surface area contributed by atoms with E-state index >= 15 is 0 Å². The summed E-state index contributed by atoms with van der Waals surface area (Å²) >= 11 is 0. The third-order valence-corrected chi connectivity index (χ3v) is 25.4. The van der Waals surface area contributed by atoms with Crippen molar-refractivity contribution in [2.45, 2.75) is 155 Å². The van der Waals surface area contributed by atoms with Crippen LogP contribution in [-0.4, -0.2) is 282 Å². The van der Waals surface area contributed by atoms with Crippen LogP contribution in [0.4, 0.5) is 0 Å². The Morgan fingerprint density at radius 2 is 0.573 bits per heavy atom. The highest BCUT2D eigenvalue weighted by Crippen LogP contribution is 2.35. The van der Waals surface area contributed by atoms with Crippen LogP contribution >= 0.6 is 0 Å². The number of hydrogen-bond donors (Lipinski definition) is 15. The summed E-state index contributed by atoms with van der Waals surface area (Å²) in [5, 5.41) is 147. The van der Waals surface area contributed by atoms with Gasteiger partial charge in [0.1, 0.15) is 91.6 Å². The fraction of sp³-hybridized carbons (Fsp3) is 0.291. The molecule has 150 heavy (non-hydrogen) atoms. The van der Waals surface area contributed by atoms with E-state index in [1.165, 1.54) is 61.3 Å². The minimum atomic E-state index is -1.43. The Bertz CT molecular complexity index is 7390. The van der Waals surface area contributed by atoms with Crippen LogP contribution in [0.5, 0.6) is 0 Å². The molecule has 0 radical (unpaired) electrons. The highest BCUT2D eigenvalue weighted by atomic mass is 16.6. The van der Waals surface area contributed by atoms with Gasteiger partial charge in [-0.25, -0.2) is 24.0 Å². The van der Waals surface area contributed by atoms with Crippen molar-refractivity contribution in [3.8, 4) is 55.9 Å². The Morgan fingerprint density at radius 3 is 0.947 bits per heavy atom. The lowest BCUT2D eigenvalue weighted by Crippen LogP contribution is -2.43. The number of rotatable bonds is 25. The molecule has 0 saturated carbocycles. The normalized spacial score (nSPS) is 23.6. The second kappa shape index (κ2) is 48.5. The summed E-state index contributed by atoms with van der Waals surface area (Å²) in [6.45, 7) is -3.01. The number of benzene rings is 3. The third-order valence-electron chi connectivity index (χ3n) is 25.4. The Morgan fingerprint density at radius 1 is 0.240 bits per heavy atom. The van der Waals surface area contributed by atoms with Gasteiger partial charge in [-0.15, -0.1) is 0 Å². The summed E-state index contributed by atoms with van der Waals surface area (Å²) in [6, 6.07) is 63.4. The molecule has 780 valence electrons. The van der Waals surface area contributed by atoms with Crippen molar-refractivity contribution < 1.29 is 100 Å². The van der Waals surface area contributed by atoms with Crippen LogP contribution in [0.3, 0.4) is 0 Å². The summed E-state index contributed by atoms with van der Waals surface area (Å²) in [6.07, 6.45) is -7.78. The van der Waals surface area contributed by atoms with Gasteiger partial charge in [-0.3, -0.25) is 105 Å². The van der Waals surface area contributed by atoms with E-state index in [1.807, 2.05) is 140 Å². The highest BCUT2D eigenvalue weighted by Gasteiger charge is 2.49. The first kappa shape index (κ1) is 107. The zero-order valence-corrected chi connectivity index (χ0v) is 79.3. The molecule has 15 aromatic rings. The lowest BCUT2D eigenvalue weighted by Gasteiger charge is -2.19. The molecule has 0 spiro atoms. The van der Waals surface area contributed by atoms with Crippen molar-refractivity contribution in [2.75, 3.05) is 33.0 Å². The number of hydrogen-bond acceptors (Lipinski definition) is 37. The van der Waals surface area contributed by atoms with E-state index in [9.17, 15) is 125 Å². The van der Waals surface area contributed by atoms with E-state index < -0.39 is 212 Å². The van der Waals surface area contributed by atoms with Crippen LogP contribution < -0.4 is 56.2 Å². The zero-order valence-electron chi connectivity index (χ0n) is 79.3. The van der Waals surface area contributed by atoms with Crippen LogP contribution in [0, 0.1) is 0 Å². The molecule has 5 aliphatic heterocycles. The van der Waals surface area contributed by atoms with Crippen LogP contribution in [0.2, 0.25) is 0 Å². The highest BCUT2D eigenvalue weighted by molar-refractivity contribution is 5.66. The second-order valence-corrected chi connectivity index (χ2v) is 35.0. The van der Waals surface area contributed by atoms with Gasteiger partial charge in [0.05, 0.1) is 106 Å².